The predicted octanol–water partition coefficient (Wildman–Crippen LogP) is 3.49. The normalized spacial score (nSPS) is 13.2. The number of esters is 2. The highest BCUT2D eigenvalue weighted by Crippen LogP contribution is 2.33. The first kappa shape index (κ1) is 19.9. The molecule has 0 atom stereocenters. The van der Waals surface area contributed by atoms with Crippen molar-refractivity contribution in [3.8, 4) is 23.0 Å². The van der Waals surface area contributed by atoms with Crippen molar-refractivity contribution in [3.63, 3.8) is 0 Å². The van der Waals surface area contributed by atoms with Gasteiger partial charge in [0, 0.05) is 12.8 Å². The largest absolute Gasteiger partial charge is 0.461 e. The zero-order valence-corrected chi connectivity index (χ0v) is 16.4. The maximum Gasteiger partial charge on any atom is 0.306 e. The van der Waals surface area contributed by atoms with E-state index in [0.717, 1.165) is 11.1 Å². The van der Waals surface area contributed by atoms with E-state index in [-0.39, 0.29) is 51.6 Å². The van der Waals surface area contributed by atoms with E-state index in [1.807, 2.05) is 12.1 Å². The van der Waals surface area contributed by atoms with Crippen molar-refractivity contribution in [3.05, 3.63) is 47.5 Å². The highest BCUT2D eigenvalue weighted by atomic mass is 16.7. The Hall–Kier alpha value is -3.42. The Morgan fingerprint density at radius 2 is 1.10 bits per heavy atom. The summed E-state index contributed by atoms with van der Waals surface area (Å²) in [5.41, 5.74) is 1.67. The Labute approximate surface area is 173 Å². The molecule has 0 spiro atoms. The van der Waals surface area contributed by atoms with Crippen LogP contribution in [0.3, 0.4) is 0 Å². The lowest BCUT2D eigenvalue weighted by atomic mass is 10.2. The Balaban J connectivity index is 1.09. The first-order valence-corrected chi connectivity index (χ1v) is 9.76. The summed E-state index contributed by atoms with van der Waals surface area (Å²) in [5, 5.41) is 0. The van der Waals surface area contributed by atoms with Gasteiger partial charge in [-0.1, -0.05) is 12.1 Å². The van der Waals surface area contributed by atoms with Gasteiger partial charge in [0.1, 0.15) is 13.2 Å². The number of hydrogen-bond acceptors (Lipinski definition) is 8. The molecule has 8 heteroatoms. The molecule has 2 heterocycles. The smallest absolute Gasteiger partial charge is 0.306 e. The van der Waals surface area contributed by atoms with E-state index in [1.54, 1.807) is 24.3 Å². The van der Waals surface area contributed by atoms with Gasteiger partial charge in [-0.25, -0.2) is 0 Å². The van der Waals surface area contributed by atoms with Crippen LogP contribution in [0, 0.1) is 0 Å². The molecule has 0 bridgehead atoms. The van der Waals surface area contributed by atoms with Crippen LogP contribution in [0.4, 0.5) is 0 Å². The molecule has 8 nitrogen and oxygen atoms in total. The monoisotopic (exact) mass is 414 g/mol. The summed E-state index contributed by atoms with van der Waals surface area (Å²) in [6.07, 6.45) is 1.61. The van der Waals surface area contributed by atoms with E-state index in [1.165, 1.54) is 0 Å². The first-order chi connectivity index (χ1) is 14.7. The number of rotatable bonds is 9. The molecule has 30 heavy (non-hydrogen) atoms. The fourth-order valence-electron chi connectivity index (χ4n) is 3.07. The molecule has 0 fully saturated rings. The van der Waals surface area contributed by atoms with Crippen LogP contribution < -0.4 is 18.9 Å². The van der Waals surface area contributed by atoms with Crippen molar-refractivity contribution in [2.75, 3.05) is 13.6 Å². The van der Waals surface area contributed by atoms with E-state index in [9.17, 15) is 9.59 Å². The van der Waals surface area contributed by atoms with Crippen molar-refractivity contribution in [2.24, 2.45) is 0 Å². The van der Waals surface area contributed by atoms with Crippen molar-refractivity contribution < 1.29 is 38.0 Å². The van der Waals surface area contributed by atoms with Crippen LogP contribution in [-0.2, 0) is 32.3 Å². The Morgan fingerprint density at radius 3 is 1.57 bits per heavy atom. The van der Waals surface area contributed by atoms with Crippen molar-refractivity contribution in [2.45, 2.75) is 38.9 Å². The van der Waals surface area contributed by atoms with Gasteiger partial charge < -0.3 is 28.4 Å². The zero-order valence-electron chi connectivity index (χ0n) is 16.4. The second kappa shape index (κ2) is 9.39. The first-order valence-electron chi connectivity index (χ1n) is 9.76. The van der Waals surface area contributed by atoms with E-state index in [4.69, 9.17) is 28.4 Å². The molecule has 2 aromatic carbocycles. The molecular weight excluding hydrogens is 392 g/mol. The number of carbonyl (C=O) groups excluding carboxylic acids is 2. The molecule has 0 aromatic heterocycles. The van der Waals surface area contributed by atoms with Crippen LogP contribution in [0.2, 0.25) is 0 Å². The molecule has 158 valence electrons. The highest BCUT2D eigenvalue weighted by molar-refractivity contribution is 5.70. The van der Waals surface area contributed by atoms with E-state index >= 15 is 0 Å². The summed E-state index contributed by atoms with van der Waals surface area (Å²) < 4.78 is 31.6. The Bertz CT molecular complexity index is 848. The number of fused-ring (bicyclic) bond motifs is 2. The highest BCUT2D eigenvalue weighted by Gasteiger charge is 2.15. The molecule has 0 unspecified atom stereocenters. The predicted molar refractivity (Wildman–Crippen MR) is 103 cm³/mol. The second-order valence-electron chi connectivity index (χ2n) is 6.90. The molecule has 0 N–H and O–H groups in total. The van der Waals surface area contributed by atoms with Gasteiger partial charge in [0.05, 0.1) is 0 Å². The summed E-state index contributed by atoms with van der Waals surface area (Å²) >= 11 is 0. The van der Waals surface area contributed by atoms with Crippen LogP contribution in [0.25, 0.3) is 0 Å². The van der Waals surface area contributed by atoms with Gasteiger partial charge in [-0.3, -0.25) is 9.59 Å². The minimum atomic E-state index is -0.304. The maximum atomic E-state index is 11.9. The quantitative estimate of drug-likeness (QED) is 0.455. The lowest BCUT2D eigenvalue weighted by Gasteiger charge is -2.07. The van der Waals surface area contributed by atoms with Crippen molar-refractivity contribution in [1.82, 2.24) is 0 Å². The van der Waals surface area contributed by atoms with E-state index in [2.05, 4.69) is 0 Å². The third kappa shape index (κ3) is 5.14. The second-order valence-corrected chi connectivity index (χ2v) is 6.90. The average molecular weight is 414 g/mol. The number of ether oxygens (including phenoxy) is 6. The number of hydrogen-bond donors (Lipinski definition) is 0. The van der Waals surface area contributed by atoms with Crippen LogP contribution >= 0.6 is 0 Å². The molecule has 0 saturated carbocycles. The van der Waals surface area contributed by atoms with Gasteiger partial charge in [-0.05, 0) is 48.2 Å². The van der Waals surface area contributed by atoms with Crippen LogP contribution in [0.1, 0.15) is 36.8 Å². The summed E-state index contributed by atoms with van der Waals surface area (Å²) in [7, 11) is 0. The van der Waals surface area contributed by atoms with Crippen molar-refractivity contribution in [1.29, 1.82) is 0 Å². The molecule has 0 saturated heterocycles. The third-order valence-electron chi connectivity index (χ3n) is 4.69. The number of unbranched alkanes of at least 4 members (excludes halogenated alkanes) is 1. The zero-order chi connectivity index (χ0) is 20.8. The molecule has 2 aliphatic heterocycles. The molecule has 2 aliphatic rings. The van der Waals surface area contributed by atoms with Gasteiger partial charge in [0.2, 0.25) is 13.6 Å². The lowest BCUT2D eigenvalue weighted by molar-refractivity contribution is -0.147. The SMILES string of the molecule is O=C(CCCCC(=O)OCc1ccc2c(c1)OCO2)OCc1ccc2c(c1)OCO2. The minimum Gasteiger partial charge on any atom is -0.461 e. The molecule has 2 aromatic rings. The van der Waals surface area contributed by atoms with Gasteiger partial charge in [0.15, 0.2) is 23.0 Å². The van der Waals surface area contributed by atoms with Gasteiger partial charge in [0.25, 0.3) is 0 Å². The average Bonchev–Trinajstić information content (AvgIpc) is 3.42. The molecule has 0 aliphatic carbocycles. The van der Waals surface area contributed by atoms with E-state index in [0.29, 0.717) is 35.8 Å². The van der Waals surface area contributed by atoms with Crippen LogP contribution in [-0.4, -0.2) is 25.5 Å². The fraction of sp³-hybridized carbons (Fsp3) is 0.364. The summed E-state index contributed by atoms with van der Waals surface area (Å²) in [6, 6.07) is 10.8. The molecule has 4 rings (SSSR count). The maximum absolute atomic E-state index is 11.9. The Kier molecular flexibility index (Phi) is 6.22. The molecule has 0 radical (unpaired) electrons. The van der Waals surface area contributed by atoms with E-state index < -0.39 is 0 Å². The topological polar surface area (TPSA) is 89.5 Å². The van der Waals surface area contributed by atoms with Crippen LogP contribution in [0.15, 0.2) is 36.4 Å². The minimum absolute atomic E-state index is 0.174. The summed E-state index contributed by atoms with van der Waals surface area (Å²) in [6.45, 7) is 0.759. The molecule has 0 amide bonds. The lowest BCUT2D eigenvalue weighted by Crippen LogP contribution is -2.07. The standard InChI is InChI=1S/C22H22O8/c23-21(25-11-15-5-7-17-19(9-15)29-13-27-17)3-1-2-4-22(24)26-12-16-6-8-18-20(10-16)30-14-28-18/h5-10H,1-4,11-14H2. The van der Waals surface area contributed by atoms with Gasteiger partial charge >= 0.3 is 11.9 Å². The van der Waals surface area contributed by atoms with Gasteiger partial charge in [-0.15, -0.1) is 0 Å². The van der Waals surface area contributed by atoms with Crippen LogP contribution in [0.5, 0.6) is 23.0 Å². The Morgan fingerprint density at radius 1 is 0.667 bits per heavy atom. The summed E-state index contributed by atoms with van der Waals surface area (Å²) in [5.74, 6) is 2.08. The number of carbonyl (C=O) groups is 2. The third-order valence-corrected chi connectivity index (χ3v) is 4.69. The number of benzene rings is 2. The van der Waals surface area contributed by atoms with Gasteiger partial charge in [-0.2, -0.15) is 0 Å². The molecular formula is C22H22O8. The summed E-state index contributed by atoms with van der Waals surface area (Å²) in [4.78, 5) is 23.8. The van der Waals surface area contributed by atoms with Crippen molar-refractivity contribution >= 4 is 11.9 Å². The fourth-order valence-corrected chi connectivity index (χ4v) is 3.07.